The number of aryl methyl sites for hydroxylation is 1. The number of pyridine rings is 1. The molecule has 1 aliphatic heterocycles. The molecule has 1 aliphatic carbocycles. The molecule has 3 rings (SSSR count). The standard InChI is InChI=1S/C16H19N3S/c1-2-3-10-4-5-14-11(6-10)7-13-15(18)12(8-17)9-20-16(13)19-14/h7,10H,2-6,9,18H2,1H3. The zero-order valence-electron chi connectivity index (χ0n) is 11.8. The van der Waals surface area contributed by atoms with E-state index in [-0.39, 0.29) is 0 Å². The Kier molecular flexibility index (Phi) is 3.71. The van der Waals surface area contributed by atoms with Crippen molar-refractivity contribution in [1.29, 1.82) is 5.26 Å². The molecular formula is C16H19N3S. The van der Waals surface area contributed by atoms with E-state index in [9.17, 15) is 0 Å². The van der Waals surface area contributed by atoms with E-state index in [0.717, 1.165) is 29.3 Å². The number of hydrogen-bond acceptors (Lipinski definition) is 4. The summed E-state index contributed by atoms with van der Waals surface area (Å²) >= 11 is 1.64. The first-order valence-corrected chi connectivity index (χ1v) is 8.26. The highest BCUT2D eigenvalue weighted by Crippen LogP contribution is 2.37. The number of nitrogens with two attached hydrogens (primary N) is 1. The maximum absolute atomic E-state index is 9.12. The summed E-state index contributed by atoms with van der Waals surface area (Å²) in [4.78, 5) is 4.81. The van der Waals surface area contributed by atoms with Crippen molar-refractivity contribution in [1.82, 2.24) is 4.98 Å². The summed E-state index contributed by atoms with van der Waals surface area (Å²) in [6.45, 7) is 2.25. The summed E-state index contributed by atoms with van der Waals surface area (Å²) in [7, 11) is 0. The van der Waals surface area contributed by atoms with Crippen LogP contribution < -0.4 is 5.73 Å². The molecule has 0 aromatic carbocycles. The van der Waals surface area contributed by atoms with Gasteiger partial charge >= 0.3 is 0 Å². The molecular weight excluding hydrogens is 266 g/mol. The van der Waals surface area contributed by atoms with Gasteiger partial charge in [0.05, 0.1) is 17.3 Å². The second kappa shape index (κ2) is 5.49. The fourth-order valence-corrected chi connectivity index (χ4v) is 4.15. The molecule has 1 aromatic rings. The zero-order valence-corrected chi connectivity index (χ0v) is 12.6. The van der Waals surface area contributed by atoms with E-state index < -0.39 is 0 Å². The van der Waals surface area contributed by atoms with E-state index in [1.807, 2.05) is 0 Å². The van der Waals surface area contributed by atoms with Crippen LogP contribution in [0.1, 0.15) is 43.0 Å². The van der Waals surface area contributed by atoms with E-state index >= 15 is 0 Å². The van der Waals surface area contributed by atoms with Crippen molar-refractivity contribution in [2.75, 3.05) is 5.75 Å². The van der Waals surface area contributed by atoms with E-state index in [4.69, 9.17) is 16.0 Å². The highest BCUT2D eigenvalue weighted by Gasteiger charge is 2.25. The lowest BCUT2D eigenvalue weighted by Gasteiger charge is -2.26. The van der Waals surface area contributed by atoms with Gasteiger partial charge in [-0.3, -0.25) is 0 Å². The molecule has 3 nitrogen and oxygen atoms in total. The second-order valence-electron chi connectivity index (χ2n) is 5.64. The van der Waals surface area contributed by atoms with Crippen molar-refractivity contribution in [3.63, 3.8) is 0 Å². The average Bonchev–Trinajstić information content (AvgIpc) is 2.47. The van der Waals surface area contributed by atoms with Crippen molar-refractivity contribution in [3.05, 3.63) is 28.5 Å². The largest absolute Gasteiger partial charge is 0.397 e. The quantitative estimate of drug-likeness (QED) is 0.905. The van der Waals surface area contributed by atoms with Gasteiger partial charge in [-0.2, -0.15) is 5.26 Å². The average molecular weight is 285 g/mol. The van der Waals surface area contributed by atoms with Gasteiger partial charge in [-0.15, -0.1) is 11.8 Å². The van der Waals surface area contributed by atoms with Gasteiger partial charge in [-0.25, -0.2) is 4.98 Å². The molecule has 2 N–H and O–H groups in total. The van der Waals surface area contributed by atoms with Crippen molar-refractivity contribution in [3.8, 4) is 6.07 Å². The minimum atomic E-state index is 0.633. The van der Waals surface area contributed by atoms with Gasteiger partial charge in [0.1, 0.15) is 5.03 Å². The third kappa shape index (κ3) is 2.31. The van der Waals surface area contributed by atoms with Crippen LogP contribution in [0.25, 0.3) is 5.70 Å². The third-order valence-corrected chi connectivity index (χ3v) is 5.27. The van der Waals surface area contributed by atoms with E-state index in [2.05, 4.69) is 19.1 Å². The number of hydrogen-bond donors (Lipinski definition) is 1. The summed E-state index contributed by atoms with van der Waals surface area (Å²) < 4.78 is 0. The Morgan fingerprint density at radius 2 is 2.40 bits per heavy atom. The number of rotatable bonds is 2. The highest BCUT2D eigenvalue weighted by molar-refractivity contribution is 7.99. The number of nitriles is 1. The van der Waals surface area contributed by atoms with E-state index in [0.29, 0.717) is 17.0 Å². The van der Waals surface area contributed by atoms with Gasteiger partial charge < -0.3 is 5.73 Å². The predicted octanol–water partition coefficient (Wildman–Crippen LogP) is 3.29. The maximum atomic E-state index is 9.12. The van der Waals surface area contributed by atoms with E-state index in [1.165, 1.54) is 30.5 Å². The molecule has 0 bridgehead atoms. The Balaban J connectivity index is 1.99. The Labute approximate surface area is 124 Å². The molecule has 0 saturated carbocycles. The van der Waals surface area contributed by atoms with Crippen LogP contribution in [-0.2, 0) is 12.8 Å². The van der Waals surface area contributed by atoms with Crippen molar-refractivity contribution in [2.24, 2.45) is 11.7 Å². The van der Waals surface area contributed by atoms with Crippen molar-refractivity contribution >= 4 is 17.5 Å². The lowest BCUT2D eigenvalue weighted by atomic mass is 9.83. The third-order valence-electron chi connectivity index (χ3n) is 4.25. The molecule has 1 unspecified atom stereocenters. The Morgan fingerprint density at radius 1 is 1.55 bits per heavy atom. The smallest absolute Gasteiger partial charge is 0.106 e. The van der Waals surface area contributed by atoms with Crippen LogP contribution in [-0.4, -0.2) is 10.7 Å². The van der Waals surface area contributed by atoms with Gasteiger partial charge in [0, 0.05) is 17.0 Å². The summed E-state index contributed by atoms with van der Waals surface area (Å²) in [5.41, 5.74) is 11.0. The number of nitrogens with zero attached hydrogens (tertiary/aromatic N) is 2. The first-order chi connectivity index (χ1) is 9.72. The second-order valence-corrected chi connectivity index (χ2v) is 6.60. The lowest BCUT2D eigenvalue weighted by molar-refractivity contribution is 0.417. The van der Waals surface area contributed by atoms with Crippen molar-refractivity contribution < 1.29 is 0 Å². The first kappa shape index (κ1) is 13.5. The van der Waals surface area contributed by atoms with Crippen LogP contribution in [0.4, 0.5) is 0 Å². The fraction of sp³-hybridized carbons (Fsp3) is 0.500. The number of fused-ring (bicyclic) bond motifs is 2. The molecule has 4 heteroatoms. The molecule has 0 radical (unpaired) electrons. The molecule has 1 aromatic heterocycles. The Hall–Kier alpha value is -1.47. The van der Waals surface area contributed by atoms with Crippen LogP contribution in [0.15, 0.2) is 16.7 Å². The molecule has 0 fully saturated rings. The summed E-state index contributed by atoms with van der Waals surface area (Å²) in [6.07, 6.45) is 5.99. The topological polar surface area (TPSA) is 62.7 Å². The zero-order chi connectivity index (χ0) is 14.1. The molecule has 2 heterocycles. The Morgan fingerprint density at radius 3 is 3.15 bits per heavy atom. The van der Waals surface area contributed by atoms with Gasteiger partial charge in [-0.05, 0) is 36.8 Å². The van der Waals surface area contributed by atoms with Crippen molar-refractivity contribution in [2.45, 2.75) is 44.1 Å². The summed E-state index contributed by atoms with van der Waals surface area (Å²) in [5, 5.41) is 10.1. The molecule has 104 valence electrons. The van der Waals surface area contributed by atoms with Crippen LogP contribution in [0.3, 0.4) is 0 Å². The van der Waals surface area contributed by atoms with Gasteiger partial charge in [0.2, 0.25) is 0 Å². The fourth-order valence-electron chi connectivity index (χ4n) is 3.15. The van der Waals surface area contributed by atoms with Crippen LogP contribution in [0.2, 0.25) is 0 Å². The van der Waals surface area contributed by atoms with Gasteiger partial charge in [0.25, 0.3) is 0 Å². The maximum Gasteiger partial charge on any atom is 0.106 e. The predicted molar refractivity (Wildman–Crippen MR) is 82.1 cm³/mol. The Bertz CT molecular complexity index is 613. The molecule has 0 saturated heterocycles. The highest BCUT2D eigenvalue weighted by atomic mass is 32.2. The minimum Gasteiger partial charge on any atom is -0.397 e. The monoisotopic (exact) mass is 285 g/mol. The molecule has 20 heavy (non-hydrogen) atoms. The number of aromatic nitrogens is 1. The van der Waals surface area contributed by atoms with Gasteiger partial charge in [0.15, 0.2) is 0 Å². The van der Waals surface area contributed by atoms with Gasteiger partial charge in [-0.1, -0.05) is 19.8 Å². The molecule has 2 aliphatic rings. The molecule has 1 atom stereocenters. The summed E-state index contributed by atoms with van der Waals surface area (Å²) in [5.74, 6) is 1.43. The van der Waals surface area contributed by atoms with Crippen LogP contribution in [0, 0.1) is 17.2 Å². The van der Waals surface area contributed by atoms with Crippen LogP contribution >= 0.6 is 11.8 Å². The number of thioether (sulfide) groups is 1. The molecule has 0 amide bonds. The van der Waals surface area contributed by atoms with Crippen LogP contribution in [0.5, 0.6) is 0 Å². The minimum absolute atomic E-state index is 0.633. The first-order valence-electron chi connectivity index (χ1n) is 7.27. The normalized spacial score (nSPS) is 21.1. The lowest BCUT2D eigenvalue weighted by Crippen LogP contribution is -2.18. The molecule has 0 spiro atoms. The summed E-state index contributed by atoms with van der Waals surface area (Å²) in [6, 6.07) is 4.40. The SMILES string of the molecule is CCCC1CCc2nc3c(cc2C1)C(N)=C(C#N)CS3. The van der Waals surface area contributed by atoms with E-state index in [1.54, 1.807) is 11.8 Å².